The number of allylic oxidation sites excluding steroid dienone is 1. The summed E-state index contributed by atoms with van der Waals surface area (Å²) in [6.45, 7) is 5.40. The van der Waals surface area contributed by atoms with Gasteiger partial charge in [0.1, 0.15) is 5.58 Å². The number of fused-ring (bicyclic) bond motifs is 1. The number of furan rings is 1. The summed E-state index contributed by atoms with van der Waals surface area (Å²) in [5.74, 6) is -0.404. The van der Waals surface area contributed by atoms with E-state index in [1.165, 1.54) is 12.3 Å². The Kier molecular flexibility index (Phi) is 4.08. The third kappa shape index (κ3) is 3.01. The predicted molar refractivity (Wildman–Crippen MR) is 90.0 cm³/mol. The molecular weight excluding hydrogens is 308 g/mol. The second-order valence-corrected chi connectivity index (χ2v) is 5.71. The molecule has 0 N–H and O–H groups in total. The van der Waals surface area contributed by atoms with Crippen molar-refractivity contribution < 1.29 is 18.4 Å². The lowest BCUT2D eigenvalue weighted by Crippen LogP contribution is -2.14. The Morgan fingerprint density at radius 1 is 1.21 bits per heavy atom. The van der Waals surface area contributed by atoms with Crippen LogP contribution in [0.25, 0.3) is 22.5 Å². The molecule has 2 heterocycles. The molecule has 3 aromatic rings. The first-order valence-corrected chi connectivity index (χ1v) is 7.44. The van der Waals surface area contributed by atoms with E-state index in [-0.39, 0.29) is 11.5 Å². The van der Waals surface area contributed by atoms with Crippen LogP contribution in [0.2, 0.25) is 0 Å². The van der Waals surface area contributed by atoms with Crippen LogP contribution in [0.15, 0.2) is 61.9 Å². The van der Waals surface area contributed by atoms with E-state index >= 15 is 0 Å². The fraction of sp³-hybridized carbons (Fsp3) is 0.158. The third-order valence-corrected chi connectivity index (χ3v) is 3.36. The molecule has 0 aliphatic carbocycles. The zero-order chi connectivity index (χ0) is 17.3. The largest absolute Gasteiger partial charge is 0.461 e. The molecule has 3 rings (SSSR count). The van der Waals surface area contributed by atoms with E-state index in [2.05, 4.69) is 0 Å². The van der Waals surface area contributed by atoms with E-state index in [4.69, 9.17) is 13.6 Å². The van der Waals surface area contributed by atoms with Crippen LogP contribution >= 0.6 is 0 Å². The monoisotopic (exact) mass is 324 g/mol. The van der Waals surface area contributed by atoms with Crippen LogP contribution < -0.4 is 10.2 Å². The van der Waals surface area contributed by atoms with Crippen molar-refractivity contribution in [3.8, 4) is 17.3 Å². The molecule has 0 bridgehead atoms. The smallest absolute Gasteiger partial charge is 0.336 e. The molecule has 0 unspecified atom stereocenters. The van der Waals surface area contributed by atoms with Crippen molar-refractivity contribution in [2.75, 3.05) is 0 Å². The lowest BCUT2D eigenvalue weighted by Gasteiger charge is -2.08. The molecule has 0 aliphatic rings. The van der Waals surface area contributed by atoms with Crippen molar-refractivity contribution in [2.24, 2.45) is 0 Å². The number of hydrogen-bond donors (Lipinski definition) is 0. The van der Waals surface area contributed by atoms with Gasteiger partial charge in [0.2, 0.25) is 16.9 Å². The normalized spacial score (nSPS) is 10.6. The fourth-order valence-corrected chi connectivity index (χ4v) is 2.32. The molecule has 122 valence electrons. The molecule has 0 amide bonds. The maximum absolute atomic E-state index is 12.8. The second kappa shape index (κ2) is 6.20. The molecule has 0 aliphatic heterocycles. The lowest BCUT2D eigenvalue weighted by atomic mass is 10.1. The Bertz CT molecular complexity index is 987. The van der Waals surface area contributed by atoms with Gasteiger partial charge in [-0.15, -0.1) is 0 Å². The third-order valence-electron chi connectivity index (χ3n) is 3.36. The van der Waals surface area contributed by atoms with E-state index in [0.717, 1.165) is 11.1 Å². The minimum Gasteiger partial charge on any atom is -0.461 e. The first-order chi connectivity index (χ1) is 11.5. The van der Waals surface area contributed by atoms with Crippen molar-refractivity contribution >= 4 is 16.9 Å². The highest BCUT2D eigenvalue weighted by Gasteiger charge is 2.21. The predicted octanol–water partition coefficient (Wildman–Crippen LogP) is 4.23. The van der Waals surface area contributed by atoms with E-state index in [0.29, 0.717) is 16.7 Å². The first-order valence-electron chi connectivity index (χ1n) is 7.44. The minimum absolute atomic E-state index is 0.0943. The zero-order valence-electron chi connectivity index (χ0n) is 13.6. The highest BCUT2D eigenvalue weighted by Crippen LogP contribution is 2.31. The van der Waals surface area contributed by atoms with Gasteiger partial charge in [0.25, 0.3) is 0 Å². The van der Waals surface area contributed by atoms with E-state index in [9.17, 15) is 9.59 Å². The number of ether oxygens (including phenoxy) is 1. The van der Waals surface area contributed by atoms with E-state index < -0.39 is 11.4 Å². The summed E-state index contributed by atoms with van der Waals surface area (Å²) in [7, 11) is 0. The summed E-state index contributed by atoms with van der Waals surface area (Å²) in [5, 5.41) is 0.352. The van der Waals surface area contributed by atoms with E-state index in [1.54, 1.807) is 38.1 Å². The Morgan fingerprint density at radius 3 is 2.67 bits per heavy atom. The molecule has 2 aromatic heterocycles. The van der Waals surface area contributed by atoms with Crippen LogP contribution in [0.5, 0.6) is 5.75 Å². The summed E-state index contributed by atoms with van der Waals surface area (Å²) >= 11 is 0. The van der Waals surface area contributed by atoms with Crippen LogP contribution in [0, 0.1) is 6.92 Å². The van der Waals surface area contributed by atoms with Gasteiger partial charge in [0.05, 0.1) is 11.6 Å². The van der Waals surface area contributed by atoms with Gasteiger partial charge >= 0.3 is 5.97 Å². The number of carbonyl (C=O) groups excluding carboxylic acids is 1. The van der Waals surface area contributed by atoms with Crippen LogP contribution in [0.4, 0.5) is 0 Å². The van der Waals surface area contributed by atoms with Crippen molar-refractivity contribution in [3.05, 3.63) is 64.0 Å². The van der Waals surface area contributed by atoms with Gasteiger partial charge in [-0.05, 0) is 45.0 Å². The van der Waals surface area contributed by atoms with Gasteiger partial charge in [-0.3, -0.25) is 4.79 Å². The van der Waals surface area contributed by atoms with Gasteiger partial charge in [-0.1, -0.05) is 17.2 Å². The summed E-state index contributed by atoms with van der Waals surface area (Å²) in [5.41, 5.74) is 1.66. The molecule has 24 heavy (non-hydrogen) atoms. The SMILES string of the molecule is CC(C)=CC(=O)Oc1c(-c2ccco2)oc2ccc(C)cc2c1=O. The topological polar surface area (TPSA) is 69.7 Å². The Labute approximate surface area is 138 Å². The van der Waals surface area contributed by atoms with Gasteiger partial charge in [0.15, 0.2) is 5.76 Å². The van der Waals surface area contributed by atoms with Gasteiger partial charge in [-0.2, -0.15) is 0 Å². The van der Waals surface area contributed by atoms with Gasteiger partial charge < -0.3 is 13.6 Å². The lowest BCUT2D eigenvalue weighted by molar-refractivity contribution is -0.129. The average molecular weight is 324 g/mol. The van der Waals surface area contributed by atoms with Gasteiger partial charge in [-0.25, -0.2) is 4.79 Å². The van der Waals surface area contributed by atoms with Gasteiger partial charge in [0, 0.05) is 6.08 Å². The zero-order valence-corrected chi connectivity index (χ0v) is 13.6. The Hall–Kier alpha value is -3.08. The number of benzene rings is 1. The summed E-state index contributed by atoms with van der Waals surface area (Å²) in [6, 6.07) is 8.55. The van der Waals surface area contributed by atoms with Crippen molar-refractivity contribution in [1.29, 1.82) is 0 Å². The highest BCUT2D eigenvalue weighted by molar-refractivity contribution is 5.88. The van der Waals surface area contributed by atoms with Crippen molar-refractivity contribution in [3.63, 3.8) is 0 Å². The summed E-state index contributed by atoms with van der Waals surface area (Å²) < 4.78 is 16.4. The number of esters is 1. The van der Waals surface area contributed by atoms with E-state index in [1.807, 2.05) is 13.0 Å². The Balaban J connectivity index is 2.25. The van der Waals surface area contributed by atoms with Crippen molar-refractivity contribution in [1.82, 2.24) is 0 Å². The Morgan fingerprint density at radius 2 is 2.00 bits per heavy atom. The quantitative estimate of drug-likeness (QED) is 0.532. The molecule has 0 fully saturated rings. The highest BCUT2D eigenvalue weighted by atomic mass is 16.5. The summed E-state index contributed by atoms with van der Waals surface area (Å²) in [6.07, 6.45) is 2.77. The molecule has 0 saturated heterocycles. The van der Waals surface area contributed by atoms with Crippen LogP contribution in [0.1, 0.15) is 19.4 Å². The molecular formula is C19H16O5. The molecule has 5 nitrogen and oxygen atoms in total. The number of aryl methyl sites for hydroxylation is 1. The molecule has 0 spiro atoms. The molecule has 0 saturated carbocycles. The van der Waals surface area contributed by atoms with Crippen LogP contribution in [0.3, 0.4) is 0 Å². The number of hydrogen-bond acceptors (Lipinski definition) is 5. The van der Waals surface area contributed by atoms with Crippen LogP contribution in [-0.2, 0) is 4.79 Å². The minimum atomic E-state index is -0.637. The van der Waals surface area contributed by atoms with Crippen LogP contribution in [-0.4, -0.2) is 5.97 Å². The number of carbonyl (C=O) groups is 1. The maximum atomic E-state index is 12.8. The molecule has 0 atom stereocenters. The molecule has 0 radical (unpaired) electrons. The first kappa shape index (κ1) is 15.8. The molecule has 5 heteroatoms. The van der Waals surface area contributed by atoms with Crippen molar-refractivity contribution in [2.45, 2.75) is 20.8 Å². The molecule has 1 aromatic carbocycles. The fourth-order valence-electron chi connectivity index (χ4n) is 2.32. The maximum Gasteiger partial charge on any atom is 0.336 e. The second-order valence-electron chi connectivity index (χ2n) is 5.71. The standard InChI is InChI=1S/C19H16O5/c1-11(2)9-16(20)24-19-17(21)13-10-12(3)6-7-14(13)23-18(19)15-5-4-8-22-15/h4-10H,1-3H3. The average Bonchev–Trinajstić information content (AvgIpc) is 3.04. The number of rotatable bonds is 3. The summed E-state index contributed by atoms with van der Waals surface area (Å²) in [4.78, 5) is 24.8.